The Labute approximate surface area is 225 Å². The number of piperidine rings is 1. The molecule has 1 aromatic carbocycles. The molecule has 0 radical (unpaired) electrons. The summed E-state index contributed by atoms with van der Waals surface area (Å²) in [5.41, 5.74) is 7.37. The van der Waals surface area contributed by atoms with E-state index in [4.69, 9.17) is 39.1 Å². The third-order valence-electron chi connectivity index (χ3n) is 6.75. The lowest BCUT2D eigenvalue weighted by Crippen LogP contribution is -2.39. The fourth-order valence-electron chi connectivity index (χ4n) is 4.62. The fraction of sp³-hybridized carbons (Fsp3) is 0.370. The standard InChI is InChI=1S/C27H30Cl2FN5O2/c1-16-3-4-18(13-23(27(16)32)37-17(2)25-21(28)5-6-22(30)26(25)29)19-14-33-35(15-19)20-8-11-34(12-9-20)24(36)7-10-31/h3-6,13-15,17-18,20,32H,1,7-12,31H2,2H3. The lowest BCUT2D eigenvalue weighted by atomic mass is 10.0. The van der Waals surface area contributed by atoms with Gasteiger partial charge in [0.05, 0.1) is 17.3 Å². The van der Waals surface area contributed by atoms with Gasteiger partial charge in [0.15, 0.2) is 0 Å². The SMILES string of the molecule is C=C1C=CC(c2cnn(C3CCN(C(=O)CCN)CC3)c2)C=C(OC(C)c2c(Cl)ccc(F)c2Cl)C1=N. The molecule has 0 saturated carbocycles. The van der Waals surface area contributed by atoms with Crippen molar-refractivity contribution in [2.24, 2.45) is 5.73 Å². The summed E-state index contributed by atoms with van der Waals surface area (Å²) in [6, 6.07) is 2.83. The number of likely N-dealkylation sites (tertiary alicyclic amines) is 1. The topological polar surface area (TPSA) is 97.2 Å². The molecular formula is C27H30Cl2FN5O2. The van der Waals surface area contributed by atoms with E-state index in [-0.39, 0.29) is 33.6 Å². The van der Waals surface area contributed by atoms with Gasteiger partial charge in [-0.05, 0) is 43.5 Å². The molecule has 37 heavy (non-hydrogen) atoms. The van der Waals surface area contributed by atoms with Crippen LogP contribution >= 0.6 is 23.2 Å². The summed E-state index contributed by atoms with van der Waals surface area (Å²) in [6.07, 6.45) is 10.6. The Bertz CT molecular complexity index is 1260. The summed E-state index contributed by atoms with van der Waals surface area (Å²) in [5.74, 6) is -0.419. The molecule has 2 atom stereocenters. The molecule has 1 fully saturated rings. The molecule has 2 heterocycles. The van der Waals surface area contributed by atoms with Gasteiger partial charge in [-0.2, -0.15) is 5.10 Å². The lowest BCUT2D eigenvalue weighted by Gasteiger charge is -2.32. The summed E-state index contributed by atoms with van der Waals surface area (Å²) < 4.78 is 22.1. The highest BCUT2D eigenvalue weighted by Gasteiger charge is 2.26. The summed E-state index contributed by atoms with van der Waals surface area (Å²) >= 11 is 12.5. The van der Waals surface area contributed by atoms with E-state index in [1.54, 1.807) is 19.2 Å². The molecule has 1 amide bonds. The molecule has 1 aliphatic heterocycles. The fourth-order valence-corrected chi connectivity index (χ4v) is 5.30. The second-order valence-corrected chi connectivity index (χ2v) is 10.0. The minimum absolute atomic E-state index is 0.0982. The summed E-state index contributed by atoms with van der Waals surface area (Å²) in [7, 11) is 0. The highest BCUT2D eigenvalue weighted by Crippen LogP contribution is 2.37. The minimum Gasteiger partial charge on any atom is -0.484 e. The third kappa shape index (κ3) is 5.98. The van der Waals surface area contributed by atoms with Crippen molar-refractivity contribution in [1.29, 1.82) is 5.41 Å². The van der Waals surface area contributed by atoms with E-state index in [9.17, 15) is 9.18 Å². The van der Waals surface area contributed by atoms with Gasteiger partial charge in [-0.15, -0.1) is 0 Å². The first-order chi connectivity index (χ1) is 17.7. The smallest absolute Gasteiger partial charge is 0.223 e. The maximum Gasteiger partial charge on any atom is 0.223 e. The Morgan fingerprint density at radius 1 is 1.35 bits per heavy atom. The first-order valence-electron chi connectivity index (χ1n) is 12.2. The predicted octanol–water partition coefficient (Wildman–Crippen LogP) is 5.73. The highest BCUT2D eigenvalue weighted by atomic mass is 35.5. The second-order valence-electron chi connectivity index (χ2n) is 9.24. The Hall–Kier alpha value is -2.94. The van der Waals surface area contributed by atoms with Crippen LogP contribution in [0.1, 0.15) is 55.4 Å². The number of nitrogens with zero attached hydrogens (tertiary/aromatic N) is 3. The number of carbonyl (C=O) groups is 1. The van der Waals surface area contributed by atoms with Crippen LogP contribution in [0.3, 0.4) is 0 Å². The monoisotopic (exact) mass is 545 g/mol. The number of benzene rings is 1. The summed E-state index contributed by atoms with van der Waals surface area (Å²) in [4.78, 5) is 14.0. The number of allylic oxidation sites excluding steroid dienone is 4. The Morgan fingerprint density at radius 3 is 2.78 bits per heavy atom. The Morgan fingerprint density at radius 2 is 2.08 bits per heavy atom. The largest absolute Gasteiger partial charge is 0.484 e. The van der Waals surface area contributed by atoms with Crippen molar-refractivity contribution in [2.75, 3.05) is 19.6 Å². The molecule has 4 rings (SSSR count). The van der Waals surface area contributed by atoms with Crippen LogP contribution in [0.25, 0.3) is 0 Å². The first kappa shape index (κ1) is 27.1. The van der Waals surface area contributed by atoms with Crippen molar-refractivity contribution in [2.45, 2.75) is 44.2 Å². The number of nitrogens with two attached hydrogens (primary N) is 1. The predicted molar refractivity (Wildman–Crippen MR) is 144 cm³/mol. The molecule has 2 unspecified atom stereocenters. The van der Waals surface area contributed by atoms with Gasteiger partial charge in [-0.25, -0.2) is 4.39 Å². The molecule has 2 aromatic rings. The minimum atomic E-state index is -0.705. The zero-order valence-corrected chi connectivity index (χ0v) is 22.1. The van der Waals surface area contributed by atoms with Crippen molar-refractivity contribution < 1.29 is 13.9 Å². The normalized spacial score (nSPS) is 19.5. The number of halogens is 3. The second kappa shape index (κ2) is 11.6. The van der Waals surface area contributed by atoms with Crippen molar-refractivity contribution in [3.63, 3.8) is 0 Å². The van der Waals surface area contributed by atoms with Crippen molar-refractivity contribution in [3.8, 4) is 0 Å². The number of aromatic nitrogens is 2. The van der Waals surface area contributed by atoms with Gasteiger partial charge in [-0.3, -0.25) is 14.9 Å². The quantitative estimate of drug-likeness (QED) is 0.434. The van der Waals surface area contributed by atoms with Crippen molar-refractivity contribution in [1.82, 2.24) is 14.7 Å². The van der Waals surface area contributed by atoms with E-state index in [2.05, 4.69) is 11.7 Å². The van der Waals surface area contributed by atoms with Gasteiger partial charge in [0.1, 0.15) is 23.4 Å². The van der Waals surface area contributed by atoms with Crippen LogP contribution < -0.4 is 5.73 Å². The van der Waals surface area contributed by atoms with Crippen LogP contribution in [-0.2, 0) is 9.53 Å². The van der Waals surface area contributed by atoms with Gasteiger partial charge in [-0.1, -0.05) is 41.9 Å². The Balaban J connectivity index is 1.52. The van der Waals surface area contributed by atoms with E-state index in [0.29, 0.717) is 43.0 Å². The molecule has 1 aliphatic carbocycles. The number of rotatable bonds is 7. The molecule has 196 valence electrons. The molecule has 1 saturated heterocycles. The van der Waals surface area contributed by atoms with Crippen molar-refractivity contribution in [3.05, 3.63) is 87.7 Å². The van der Waals surface area contributed by atoms with Crippen LogP contribution in [0.5, 0.6) is 0 Å². The van der Waals surface area contributed by atoms with Crippen molar-refractivity contribution >= 4 is 34.8 Å². The van der Waals surface area contributed by atoms with E-state index in [1.807, 2.05) is 27.9 Å². The molecule has 2 aliphatic rings. The molecule has 3 N–H and O–H groups in total. The van der Waals surface area contributed by atoms with E-state index >= 15 is 0 Å². The zero-order chi connectivity index (χ0) is 26.7. The van der Waals surface area contributed by atoms with Crippen LogP contribution in [0.15, 0.2) is 60.7 Å². The first-order valence-corrected chi connectivity index (χ1v) is 12.9. The number of nitrogens with one attached hydrogen (secondary N) is 1. The number of carbonyl (C=O) groups excluding carboxylic acids is 1. The molecule has 1 aromatic heterocycles. The van der Waals surface area contributed by atoms with E-state index in [0.717, 1.165) is 18.4 Å². The number of ether oxygens (including phenoxy) is 1. The molecule has 0 spiro atoms. The van der Waals surface area contributed by atoms with Gasteiger partial charge in [0.2, 0.25) is 5.91 Å². The summed E-state index contributed by atoms with van der Waals surface area (Å²) in [6.45, 7) is 7.40. The van der Waals surface area contributed by atoms with E-state index < -0.39 is 11.9 Å². The van der Waals surface area contributed by atoms with Gasteiger partial charge in [0, 0.05) is 54.3 Å². The average Bonchev–Trinajstić information content (AvgIpc) is 3.33. The van der Waals surface area contributed by atoms with E-state index in [1.165, 1.54) is 12.1 Å². The van der Waals surface area contributed by atoms with Crippen LogP contribution in [0, 0.1) is 11.2 Å². The number of hydrogen-bond donors (Lipinski definition) is 2. The molecule has 7 nitrogen and oxygen atoms in total. The Kier molecular flexibility index (Phi) is 8.52. The number of hydrogen-bond acceptors (Lipinski definition) is 5. The average molecular weight is 546 g/mol. The van der Waals surface area contributed by atoms with Crippen LogP contribution in [0.2, 0.25) is 10.0 Å². The highest BCUT2D eigenvalue weighted by molar-refractivity contribution is 6.36. The van der Waals surface area contributed by atoms with Gasteiger partial charge in [0.25, 0.3) is 0 Å². The molecule has 0 bridgehead atoms. The maximum atomic E-state index is 14.1. The number of amides is 1. The van der Waals surface area contributed by atoms with Crippen LogP contribution in [0.4, 0.5) is 4.39 Å². The molecule has 10 heteroatoms. The van der Waals surface area contributed by atoms with Gasteiger partial charge >= 0.3 is 0 Å². The molecular weight excluding hydrogens is 516 g/mol. The lowest BCUT2D eigenvalue weighted by molar-refractivity contribution is -0.132. The third-order valence-corrected chi connectivity index (χ3v) is 7.46. The van der Waals surface area contributed by atoms with Crippen LogP contribution in [-0.4, -0.2) is 45.9 Å². The van der Waals surface area contributed by atoms with Gasteiger partial charge < -0.3 is 15.4 Å². The zero-order valence-electron chi connectivity index (χ0n) is 20.6. The maximum absolute atomic E-state index is 14.1. The summed E-state index contributed by atoms with van der Waals surface area (Å²) in [5, 5.41) is 13.3.